The Hall–Kier alpha value is -4.90. The van der Waals surface area contributed by atoms with Gasteiger partial charge in [-0.15, -0.1) is 0 Å². The van der Waals surface area contributed by atoms with Crippen molar-refractivity contribution in [1.29, 1.82) is 0 Å². The van der Waals surface area contributed by atoms with Crippen molar-refractivity contribution in [2.75, 3.05) is 0 Å². The second-order valence-corrected chi connectivity index (χ2v) is 13.5. The van der Waals surface area contributed by atoms with Gasteiger partial charge in [0.2, 0.25) is 11.4 Å². The molecule has 6 aromatic heterocycles. The predicted molar refractivity (Wildman–Crippen MR) is 158 cm³/mol. The quantitative estimate of drug-likeness (QED) is 0.153. The Balaban J connectivity index is 1.41. The fourth-order valence-electron chi connectivity index (χ4n) is 8.25. The van der Waals surface area contributed by atoms with Gasteiger partial charge in [-0.1, -0.05) is 35.7 Å². The summed E-state index contributed by atoms with van der Waals surface area (Å²) in [6.45, 7) is 0. The summed E-state index contributed by atoms with van der Waals surface area (Å²) in [6, 6.07) is 22.1. The average Bonchev–Trinajstić information content (AvgIpc) is 3.56. The molecule has 8 nitrogen and oxygen atoms in total. The van der Waals surface area contributed by atoms with Gasteiger partial charge in [0.1, 0.15) is 0 Å². The summed E-state index contributed by atoms with van der Waals surface area (Å²) < 4.78 is 16.7. The van der Waals surface area contributed by atoms with E-state index in [0.717, 1.165) is 43.8 Å². The lowest BCUT2D eigenvalue weighted by atomic mass is 10.1. The van der Waals surface area contributed by atoms with Gasteiger partial charge in [-0.05, 0) is 57.9 Å². The summed E-state index contributed by atoms with van der Waals surface area (Å²) in [4.78, 5) is 14.7. The van der Waals surface area contributed by atoms with E-state index < -0.39 is 0 Å². The number of para-hydroxylation sites is 2. The van der Waals surface area contributed by atoms with E-state index in [2.05, 4.69) is 91.5 Å². The van der Waals surface area contributed by atoms with Crippen LogP contribution >= 0.6 is 23.5 Å². The van der Waals surface area contributed by atoms with Crippen molar-refractivity contribution in [2.24, 2.45) is 0 Å². The van der Waals surface area contributed by atoms with Crippen LogP contribution in [-0.4, -0.2) is 19.1 Å². The van der Waals surface area contributed by atoms with Crippen LogP contribution in [0.4, 0.5) is 11.4 Å². The van der Waals surface area contributed by atoms with E-state index in [-0.39, 0.29) is 4.70 Å². The number of nitrogens with zero attached hydrogens (tertiary/aromatic N) is 7. The molecule has 1 spiro atoms. The molecule has 2 aromatic carbocycles. The molecule has 0 saturated heterocycles. The minimum Gasteiger partial charge on any atom is -0.409 e. The van der Waals surface area contributed by atoms with Crippen LogP contribution in [-0.2, 0) is 0 Å². The third-order valence-electron chi connectivity index (χ3n) is 9.59. The second kappa shape index (κ2) is 6.00. The molecule has 42 heavy (non-hydrogen) atoms. The largest absolute Gasteiger partial charge is 0.409 e. The van der Waals surface area contributed by atoms with Crippen molar-refractivity contribution in [3.8, 4) is 23.1 Å². The van der Waals surface area contributed by atoms with E-state index >= 15 is 0 Å². The molecule has 13 rings (SSSR count). The Morgan fingerprint density at radius 3 is 1.62 bits per heavy atom. The molecule has 0 saturated carbocycles. The maximum absolute atomic E-state index is 6.71. The highest BCUT2D eigenvalue weighted by molar-refractivity contribution is 8.00. The smallest absolute Gasteiger partial charge is 0.350 e. The minimum atomic E-state index is 0.254. The number of benzene rings is 2. The van der Waals surface area contributed by atoms with Crippen molar-refractivity contribution in [1.82, 2.24) is 23.8 Å². The lowest BCUT2D eigenvalue weighted by Gasteiger charge is -2.38. The Labute approximate surface area is 244 Å². The number of fused-ring (bicyclic) bond motifs is 2. The number of quaternary nitrogens is 1. The predicted octanol–water partition coefficient (Wildman–Crippen LogP) is 6.47. The first-order valence-electron chi connectivity index (χ1n) is 13.8. The zero-order chi connectivity index (χ0) is 26.6. The second-order valence-electron chi connectivity index (χ2n) is 11.3. The Bertz CT molecular complexity index is 2560. The summed E-state index contributed by atoms with van der Waals surface area (Å²) in [6.07, 6.45) is 8.37. The molecule has 0 amide bonds. The van der Waals surface area contributed by atoms with Crippen LogP contribution in [0.2, 0.25) is 0 Å². The van der Waals surface area contributed by atoms with Crippen LogP contribution in [0.15, 0.2) is 105 Å². The van der Waals surface area contributed by atoms with Gasteiger partial charge in [0.25, 0.3) is 11.8 Å². The van der Waals surface area contributed by atoms with Crippen molar-refractivity contribution >= 4 is 78.8 Å². The number of pyridine rings is 4. The topological polar surface area (TPSA) is 52.6 Å². The third kappa shape index (κ3) is 1.74. The monoisotopic (exact) mass is 576 g/mol. The highest BCUT2D eigenvalue weighted by Crippen LogP contribution is 2.62. The molecule has 0 aliphatic carbocycles. The number of hydrogen-bond donors (Lipinski definition) is 0. The van der Waals surface area contributed by atoms with E-state index in [1.54, 1.807) is 23.5 Å². The first-order valence-corrected chi connectivity index (χ1v) is 15.4. The first-order chi connectivity index (χ1) is 20.8. The van der Waals surface area contributed by atoms with Crippen molar-refractivity contribution in [3.63, 3.8) is 0 Å². The molecule has 0 radical (unpaired) electrons. The zero-order valence-corrected chi connectivity index (χ0v) is 23.1. The molecule has 0 bridgehead atoms. The van der Waals surface area contributed by atoms with E-state index in [4.69, 9.17) is 14.7 Å². The molecule has 0 N–H and O–H groups in total. The average molecular weight is 577 g/mol. The minimum absolute atomic E-state index is 0.254. The first kappa shape index (κ1) is 20.1. The maximum Gasteiger partial charge on any atom is 0.350 e. The van der Waals surface area contributed by atoms with Crippen LogP contribution in [0.25, 0.3) is 55.2 Å². The summed E-state index contributed by atoms with van der Waals surface area (Å²) in [7, 11) is 0. The molecule has 5 aliphatic rings. The normalized spacial score (nSPS) is 16.3. The van der Waals surface area contributed by atoms with Crippen LogP contribution in [0.1, 0.15) is 0 Å². The summed E-state index contributed by atoms with van der Waals surface area (Å²) >= 11 is 3.59. The SMILES string of the molecule is c1cc2c3c(c1)c1ccc[n+]4c1n3-c1c(cnc3c1[N+]41c4c(ncc5c4-n4c6c(cccc6c6ccc[n+]1c64)S5)O3)S2. The molecule has 8 aromatic rings. The number of ether oxygens (including phenoxy) is 1. The molecule has 192 valence electrons. The third-order valence-corrected chi connectivity index (χ3v) is 11.7. The van der Waals surface area contributed by atoms with Gasteiger partial charge in [-0.2, -0.15) is 9.13 Å². The van der Waals surface area contributed by atoms with Gasteiger partial charge in [0.15, 0.2) is 23.4 Å². The van der Waals surface area contributed by atoms with Gasteiger partial charge in [-0.25, -0.2) is 9.97 Å². The van der Waals surface area contributed by atoms with Gasteiger partial charge in [0.05, 0.1) is 35.1 Å². The number of aromatic nitrogens is 6. The highest BCUT2D eigenvalue weighted by atomic mass is 32.2. The Morgan fingerprint density at radius 1 is 0.595 bits per heavy atom. The van der Waals surface area contributed by atoms with Crippen LogP contribution in [0, 0.1) is 0 Å². The van der Waals surface area contributed by atoms with Crippen molar-refractivity contribution < 1.29 is 14.1 Å². The fraction of sp³-hybridized carbons (Fsp3) is 0. The standard InChI is InChI=1S/C32H14N7OS2/c1-5-15-17-7-3-11-35-31(17)37-23(15)19(9-1)41-21-13-33-29-27(25(21)37)39(35)28-26-22(14-34-30(28)40-29)42-20-10-2-6-16-18-8-4-12-36(39)32(18)38(26)24(16)20/h1-14H/q+3. The van der Waals surface area contributed by atoms with Gasteiger partial charge in [-0.3, -0.25) is 0 Å². The van der Waals surface area contributed by atoms with E-state index in [9.17, 15) is 0 Å². The van der Waals surface area contributed by atoms with Crippen LogP contribution in [0.5, 0.6) is 11.8 Å². The van der Waals surface area contributed by atoms with Gasteiger partial charge >= 0.3 is 22.7 Å². The lowest BCUT2D eigenvalue weighted by molar-refractivity contribution is -1.02. The molecule has 10 heteroatoms. The van der Waals surface area contributed by atoms with E-state index in [0.29, 0.717) is 11.8 Å². The van der Waals surface area contributed by atoms with Crippen LogP contribution < -0.4 is 18.8 Å². The fourth-order valence-corrected chi connectivity index (χ4v) is 10.4. The molecular weight excluding hydrogens is 563 g/mol. The number of hydrogen-bond acceptors (Lipinski definition) is 5. The Morgan fingerprint density at radius 2 is 1.10 bits per heavy atom. The summed E-state index contributed by atoms with van der Waals surface area (Å²) in [5.74, 6) is 1.17. The van der Waals surface area contributed by atoms with Gasteiger partial charge < -0.3 is 4.74 Å². The molecule has 5 aliphatic heterocycles. The molecule has 0 atom stereocenters. The molecular formula is C32H14N7OS2+3. The summed E-state index contributed by atoms with van der Waals surface area (Å²) in [5.41, 5.74) is 9.06. The van der Waals surface area contributed by atoms with Crippen LogP contribution in [0.3, 0.4) is 0 Å². The molecule has 11 heterocycles. The number of rotatable bonds is 0. The maximum atomic E-state index is 6.71. The van der Waals surface area contributed by atoms with Crippen molar-refractivity contribution in [3.05, 3.63) is 85.5 Å². The van der Waals surface area contributed by atoms with E-state index in [1.165, 1.54) is 42.4 Å². The van der Waals surface area contributed by atoms with E-state index in [1.807, 2.05) is 12.4 Å². The van der Waals surface area contributed by atoms with Gasteiger partial charge in [0, 0.05) is 23.2 Å². The zero-order valence-electron chi connectivity index (χ0n) is 21.4. The Kier molecular flexibility index (Phi) is 2.86. The summed E-state index contributed by atoms with van der Waals surface area (Å²) in [5, 5.41) is 4.95. The molecule has 0 fully saturated rings. The highest BCUT2D eigenvalue weighted by Gasteiger charge is 2.69. The van der Waals surface area contributed by atoms with Crippen molar-refractivity contribution in [2.45, 2.75) is 19.6 Å². The lowest BCUT2D eigenvalue weighted by Crippen LogP contribution is -2.86. The molecule has 0 unspecified atom stereocenters.